The van der Waals surface area contributed by atoms with Gasteiger partial charge in [-0.05, 0) is 97.7 Å². The van der Waals surface area contributed by atoms with Gasteiger partial charge in [-0.3, -0.25) is 0 Å². The fraction of sp³-hybridized carbons (Fsp3) is 0.931. The lowest BCUT2D eigenvalue weighted by Crippen LogP contribution is -2.51. The van der Waals surface area contributed by atoms with Crippen molar-refractivity contribution < 1.29 is 5.11 Å². The second kappa shape index (κ2) is 9.49. The van der Waals surface area contributed by atoms with Crippen molar-refractivity contribution in [2.24, 2.45) is 46.3 Å². The van der Waals surface area contributed by atoms with Gasteiger partial charge in [-0.2, -0.15) is 0 Å². The Kier molecular flexibility index (Phi) is 7.29. The summed E-state index contributed by atoms with van der Waals surface area (Å²) in [7, 11) is 0. The van der Waals surface area contributed by atoms with Crippen LogP contribution in [-0.4, -0.2) is 24.3 Å². The van der Waals surface area contributed by atoms with Crippen molar-refractivity contribution >= 4 is 0 Å². The highest BCUT2D eigenvalue weighted by atomic mass is 16.3. The zero-order valence-electron chi connectivity index (χ0n) is 21.3. The molecule has 2 heteroatoms. The first-order valence-electron chi connectivity index (χ1n) is 13.8. The molecule has 4 aliphatic carbocycles. The number of allylic oxidation sites excluding steroid dienone is 1. The van der Waals surface area contributed by atoms with Crippen molar-refractivity contribution in [2.45, 2.75) is 111 Å². The van der Waals surface area contributed by atoms with Crippen molar-refractivity contribution in [3.05, 3.63) is 11.6 Å². The number of aliphatic hydroxyl groups excluding tert-OH is 1. The number of aliphatic hydroxyl groups is 1. The monoisotopic (exact) mass is 429 g/mol. The Labute approximate surface area is 193 Å². The van der Waals surface area contributed by atoms with Crippen LogP contribution >= 0.6 is 0 Å². The SMILES string of the molecule is CC(C)CCC[C@@H](C)[C@H]1CC[C@H]2[C@@H]3CCC4=C[C@@H](NCCO)CC[C@]4(C)[C@H]3CC[C@]12C. The van der Waals surface area contributed by atoms with Crippen LogP contribution in [0.2, 0.25) is 0 Å². The number of nitrogens with one attached hydrogen (secondary N) is 1. The van der Waals surface area contributed by atoms with Gasteiger partial charge in [-0.1, -0.05) is 65.5 Å². The van der Waals surface area contributed by atoms with Gasteiger partial charge in [-0.15, -0.1) is 0 Å². The minimum atomic E-state index is 0.249. The maximum absolute atomic E-state index is 9.19. The van der Waals surface area contributed by atoms with Crippen LogP contribution in [0.4, 0.5) is 0 Å². The first-order valence-corrected chi connectivity index (χ1v) is 13.8. The second-order valence-corrected chi connectivity index (χ2v) is 12.9. The molecule has 0 aromatic heterocycles. The third kappa shape index (κ3) is 4.42. The zero-order chi connectivity index (χ0) is 22.2. The average molecular weight is 430 g/mol. The van der Waals surface area contributed by atoms with Crippen molar-refractivity contribution in [2.75, 3.05) is 13.2 Å². The molecular formula is C29H51NO. The molecule has 3 saturated carbocycles. The van der Waals surface area contributed by atoms with Gasteiger partial charge >= 0.3 is 0 Å². The molecule has 0 bridgehead atoms. The van der Waals surface area contributed by atoms with E-state index in [0.717, 1.165) is 42.1 Å². The van der Waals surface area contributed by atoms with Crippen molar-refractivity contribution in [1.82, 2.24) is 5.32 Å². The van der Waals surface area contributed by atoms with E-state index in [0.29, 0.717) is 16.9 Å². The fourth-order valence-electron chi connectivity index (χ4n) is 9.16. The quantitative estimate of drug-likeness (QED) is 0.408. The summed E-state index contributed by atoms with van der Waals surface area (Å²) in [6.45, 7) is 13.7. The smallest absolute Gasteiger partial charge is 0.0556 e. The van der Waals surface area contributed by atoms with E-state index in [1.54, 1.807) is 5.57 Å². The molecule has 0 heterocycles. The molecule has 0 aromatic carbocycles. The summed E-state index contributed by atoms with van der Waals surface area (Å²) >= 11 is 0. The van der Waals surface area contributed by atoms with Crippen LogP contribution in [-0.2, 0) is 0 Å². The van der Waals surface area contributed by atoms with Crippen LogP contribution in [0.5, 0.6) is 0 Å². The Morgan fingerprint density at radius 1 is 1.00 bits per heavy atom. The molecule has 0 spiro atoms. The largest absolute Gasteiger partial charge is 0.395 e. The molecule has 4 aliphatic rings. The maximum atomic E-state index is 9.19. The van der Waals surface area contributed by atoms with Crippen LogP contribution in [0.25, 0.3) is 0 Å². The summed E-state index contributed by atoms with van der Waals surface area (Å²) in [5, 5.41) is 12.7. The highest BCUT2D eigenvalue weighted by Gasteiger charge is 2.59. The summed E-state index contributed by atoms with van der Waals surface area (Å²) in [5.41, 5.74) is 2.81. The number of hydrogen-bond acceptors (Lipinski definition) is 2. The van der Waals surface area contributed by atoms with Gasteiger partial charge in [0, 0.05) is 12.6 Å². The first-order chi connectivity index (χ1) is 14.8. The molecule has 0 unspecified atom stereocenters. The van der Waals surface area contributed by atoms with E-state index in [1.807, 2.05) is 0 Å². The van der Waals surface area contributed by atoms with Crippen LogP contribution in [0.3, 0.4) is 0 Å². The first kappa shape index (κ1) is 23.8. The van der Waals surface area contributed by atoms with Crippen molar-refractivity contribution in [1.29, 1.82) is 0 Å². The number of hydrogen-bond donors (Lipinski definition) is 2. The fourth-order valence-corrected chi connectivity index (χ4v) is 9.16. The van der Waals surface area contributed by atoms with Crippen LogP contribution in [0.1, 0.15) is 105 Å². The van der Waals surface area contributed by atoms with Crippen molar-refractivity contribution in [3.63, 3.8) is 0 Å². The van der Waals surface area contributed by atoms with Gasteiger partial charge < -0.3 is 10.4 Å². The number of rotatable bonds is 8. The normalized spacial score (nSPS) is 43.2. The Balaban J connectivity index is 1.45. The predicted molar refractivity (Wildman–Crippen MR) is 132 cm³/mol. The Hall–Kier alpha value is -0.340. The molecule has 0 amide bonds. The molecule has 3 fully saturated rings. The van der Waals surface area contributed by atoms with Gasteiger partial charge in [0.25, 0.3) is 0 Å². The molecule has 8 atom stereocenters. The van der Waals surface area contributed by atoms with E-state index < -0.39 is 0 Å². The van der Waals surface area contributed by atoms with Gasteiger partial charge in [0.15, 0.2) is 0 Å². The lowest BCUT2D eigenvalue weighted by Gasteiger charge is -2.59. The standard InChI is InChI=1S/C29H51NO/c1-20(2)7-6-8-21(3)25-11-12-26-24-10-9-22-19-23(30-17-18-31)13-15-28(22,4)27(24)14-16-29(25,26)5/h19-21,23-27,30-31H,6-18H2,1-5H3/t21-,23+,24+,25-,26+,27+,28+,29-/m1/s1. The summed E-state index contributed by atoms with van der Waals surface area (Å²) in [5.74, 6) is 5.60. The average Bonchev–Trinajstić information content (AvgIpc) is 3.09. The Bertz CT molecular complexity index is 641. The Morgan fingerprint density at radius 3 is 2.55 bits per heavy atom. The van der Waals surface area contributed by atoms with E-state index in [2.05, 4.69) is 46.0 Å². The molecule has 2 N–H and O–H groups in total. The third-order valence-corrected chi connectivity index (χ3v) is 10.8. The summed E-state index contributed by atoms with van der Waals surface area (Å²) in [6, 6.07) is 0.489. The Morgan fingerprint density at radius 2 is 1.81 bits per heavy atom. The van der Waals surface area contributed by atoms with Crippen molar-refractivity contribution in [3.8, 4) is 0 Å². The summed E-state index contributed by atoms with van der Waals surface area (Å²) < 4.78 is 0. The molecule has 0 aromatic rings. The highest BCUT2D eigenvalue weighted by Crippen LogP contribution is 2.67. The van der Waals surface area contributed by atoms with Gasteiger partial charge in [0.1, 0.15) is 0 Å². The molecule has 31 heavy (non-hydrogen) atoms. The van der Waals surface area contributed by atoms with E-state index in [1.165, 1.54) is 70.6 Å². The predicted octanol–water partition coefficient (Wildman–Crippen LogP) is 6.98. The van der Waals surface area contributed by atoms with Crippen LogP contribution in [0, 0.1) is 46.3 Å². The molecule has 178 valence electrons. The summed E-state index contributed by atoms with van der Waals surface area (Å²) in [6.07, 6.45) is 18.2. The zero-order valence-corrected chi connectivity index (χ0v) is 21.3. The van der Waals surface area contributed by atoms with E-state index >= 15 is 0 Å². The van der Waals surface area contributed by atoms with E-state index in [-0.39, 0.29) is 6.61 Å². The number of fused-ring (bicyclic) bond motifs is 5. The lowest BCUT2D eigenvalue weighted by atomic mass is 9.46. The minimum Gasteiger partial charge on any atom is -0.395 e. The lowest BCUT2D eigenvalue weighted by molar-refractivity contribution is -0.0600. The molecule has 0 radical (unpaired) electrons. The molecule has 0 aliphatic heterocycles. The van der Waals surface area contributed by atoms with Gasteiger partial charge in [0.05, 0.1) is 6.61 Å². The van der Waals surface area contributed by atoms with Gasteiger partial charge in [0.2, 0.25) is 0 Å². The van der Waals surface area contributed by atoms with E-state index in [4.69, 9.17) is 0 Å². The topological polar surface area (TPSA) is 32.3 Å². The molecule has 0 saturated heterocycles. The molecule has 2 nitrogen and oxygen atoms in total. The van der Waals surface area contributed by atoms with Crippen LogP contribution < -0.4 is 5.32 Å². The maximum Gasteiger partial charge on any atom is 0.0556 e. The molecular weight excluding hydrogens is 378 g/mol. The third-order valence-electron chi connectivity index (χ3n) is 10.8. The minimum absolute atomic E-state index is 0.249. The van der Waals surface area contributed by atoms with Gasteiger partial charge in [-0.25, -0.2) is 0 Å². The second-order valence-electron chi connectivity index (χ2n) is 12.9. The molecule has 4 rings (SSSR count). The highest BCUT2D eigenvalue weighted by molar-refractivity contribution is 5.26. The van der Waals surface area contributed by atoms with E-state index in [9.17, 15) is 5.11 Å². The summed E-state index contributed by atoms with van der Waals surface area (Å²) in [4.78, 5) is 0. The van der Waals surface area contributed by atoms with Crippen LogP contribution in [0.15, 0.2) is 11.6 Å².